The molecule has 0 spiro atoms. The van der Waals surface area contributed by atoms with Crippen LogP contribution in [0.4, 0.5) is 0 Å². The van der Waals surface area contributed by atoms with E-state index < -0.39 is 10.0 Å². The van der Waals surface area contributed by atoms with Crippen LogP contribution >= 0.6 is 0 Å². The van der Waals surface area contributed by atoms with Crippen molar-refractivity contribution in [3.8, 4) is 0 Å². The molecular weight excluding hydrogens is 362 g/mol. The summed E-state index contributed by atoms with van der Waals surface area (Å²) in [6.45, 7) is 5.36. The zero-order chi connectivity index (χ0) is 19.7. The fourth-order valence-electron chi connectivity index (χ4n) is 3.46. The van der Waals surface area contributed by atoms with Crippen molar-refractivity contribution in [3.63, 3.8) is 0 Å². The normalized spacial score (nSPS) is 18.4. The summed E-state index contributed by atoms with van der Waals surface area (Å²) >= 11 is 0. The second kappa shape index (κ2) is 10.8. The summed E-state index contributed by atoms with van der Waals surface area (Å²) in [5, 5.41) is 2.98. The predicted octanol–water partition coefficient (Wildman–Crippen LogP) is 2.30. The summed E-state index contributed by atoms with van der Waals surface area (Å²) in [7, 11) is -2.02. The molecule has 1 aromatic rings. The molecule has 1 aliphatic rings. The Morgan fingerprint density at radius 2 is 1.93 bits per heavy atom. The quantitative estimate of drug-likeness (QED) is 0.596. The van der Waals surface area contributed by atoms with Crippen LogP contribution in [0, 0.1) is 0 Å². The van der Waals surface area contributed by atoms with Crippen molar-refractivity contribution in [2.75, 3.05) is 26.7 Å². The van der Waals surface area contributed by atoms with Crippen molar-refractivity contribution in [2.24, 2.45) is 0 Å². The maximum atomic E-state index is 12.0. The first-order valence-corrected chi connectivity index (χ1v) is 11.4. The number of rotatable bonds is 10. The van der Waals surface area contributed by atoms with Gasteiger partial charge in [-0.15, -0.1) is 0 Å². The van der Waals surface area contributed by atoms with E-state index in [0.29, 0.717) is 18.9 Å². The van der Waals surface area contributed by atoms with Crippen LogP contribution in [0.15, 0.2) is 29.2 Å². The number of nitrogens with one attached hydrogen (secondary N) is 2. The first-order chi connectivity index (χ1) is 12.9. The number of hydrogen-bond donors (Lipinski definition) is 2. The minimum atomic E-state index is -3.41. The molecule has 1 aliphatic heterocycles. The Kier molecular flexibility index (Phi) is 8.73. The Morgan fingerprint density at radius 1 is 1.19 bits per heavy atom. The maximum Gasteiger partial charge on any atom is 0.240 e. The highest BCUT2D eigenvalue weighted by Crippen LogP contribution is 2.16. The minimum absolute atomic E-state index is 0.0493. The molecule has 1 fully saturated rings. The van der Waals surface area contributed by atoms with Gasteiger partial charge >= 0.3 is 0 Å². The van der Waals surface area contributed by atoms with E-state index in [1.54, 1.807) is 24.3 Å². The number of likely N-dealkylation sites (tertiary alicyclic amines) is 1. The van der Waals surface area contributed by atoms with Crippen LogP contribution in [0.3, 0.4) is 0 Å². The molecular formula is C20H33N3O3S. The van der Waals surface area contributed by atoms with E-state index >= 15 is 0 Å². The molecule has 2 N–H and O–H groups in total. The van der Waals surface area contributed by atoms with Crippen LogP contribution in [-0.4, -0.2) is 51.9 Å². The summed E-state index contributed by atoms with van der Waals surface area (Å²) in [6, 6.07) is 7.36. The van der Waals surface area contributed by atoms with Crippen molar-refractivity contribution >= 4 is 15.9 Å². The monoisotopic (exact) mass is 395 g/mol. The molecule has 0 aromatic heterocycles. The minimum Gasteiger partial charge on any atom is -0.356 e. The van der Waals surface area contributed by atoms with Crippen molar-refractivity contribution in [3.05, 3.63) is 29.8 Å². The smallest absolute Gasteiger partial charge is 0.240 e. The van der Waals surface area contributed by atoms with Crippen LogP contribution in [0.5, 0.6) is 0 Å². The van der Waals surface area contributed by atoms with Gasteiger partial charge in [-0.05, 0) is 76.9 Å². The van der Waals surface area contributed by atoms with Crippen LogP contribution in [0.25, 0.3) is 0 Å². The van der Waals surface area contributed by atoms with E-state index in [9.17, 15) is 13.2 Å². The van der Waals surface area contributed by atoms with Crippen molar-refractivity contribution in [1.82, 2.24) is 14.9 Å². The van der Waals surface area contributed by atoms with E-state index in [1.807, 2.05) is 0 Å². The zero-order valence-corrected chi connectivity index (χ0v) is 17.4. The van der Waals surface area contributed by atoms with E-state index in [1.165, 1.54) is 32.9 Å². The van der Waals surface area contributed by atoms with Gasteiger partial charge in [-0.1, -0.05) is 18.6 Å². The van der Waals surface area contributed by atoms with Crippen molar-refractivity contribution in [2.45, 2.75) is 62.8 Å². The lowest BCUT2D eigenvalue weighted by molar-refractivity contribution is -0.121. The van der Waals surface area contributed by atoms with E-state index in [2.05, 4.69) is 21.9 Å². The molecule has 1 atom stereocenters. The van der Waals surface area contributed by atoms with Gasteiger partial charge in [-0.25, -0.2) is 13.1 Å². The lowest BCUT2D eigenvalue weighted by Gasteiger charge is -2.33. The van der Waals surface area contributed by atoms with Gasteiger partial charge in [0, 0.05) is 19.0 Å². The summed E-state index contributed by atoms with van der Waals surface area (Å²) in [5.41, 5.74) is 0.958. The lowest BCUT2D eigenvalue weighted by atomic mass is 10.0. The second-order valence-electron chi connectivity index (χ2n) is 7.29. The fraction of sp³-hybridized carbons (Fsp3) is 0.650. The topological polar surface area (TPSA) is 78.5 Å². The Morgan fingerprint density at radius 3 is 2.59 bits per heavy atom. The Hall–Kier alpha value is -1.44. The van der Waals surface area contributed by atoms with Crippen LogP contribution in [-0.2, 0) is 21.2 Å². The van der Waals surface area contributed by atoms with E-state index in [0.717, 1.165) is 31.5 Å². The highest BCUT2D eigenvalue weighted by atomic mass is 32.2. The van der Waals surface area contributed by atoms with Crippen LogP contribution < -0.4 is 10.0 Å². The molecule has 1 saturated heterocycles. The largest absolute Gasteiger partial charge is 0.356 e. The molecule has 1 heterocycles. The molecule has 1 unspecified atom stereocenters. The van der Waals surface area contributed by atoms with Gasteiger partial charge in [0.15, 0.2) is 0 Å². The third-order valence-electron chi connectivity index (χ3n) is 5.28. The predicted molar refractivity (Wildman–Crippen MR) is 108 cm³/mol. The molecule has 6 nitrogen and oxygen atoms in total. The van der Waals surface area contributed by atoms with Crippen LogP contribution in [0.1, 0.15) is 51.0 Å². The molecule has 0 bridgehead atoms. The Labute approximate surface area is 163 Å². The number of piperidine rings is 1. The molecule has 1 aromatic carbocycles. The van der Waals surface area contributed by atoms with Crippen molar-refractivity contribution in [1.29, 1.82) is 0 Å². The van der Waals surface area contributed by atoms with Gasteiger partial charge in [0.1, 0.15) is 0 Å². The van der Waals surface area contributed by atoms with Crippen LogP contribution in [0.2, 0.25) is 0 Å². The Bertz CT molecular complexity index is 689. The standard InChI is InChI=1S/C20H33N3O3S/c1-17-7-3-5-15-23(17)16-6-4-14-22-20(24)13-10-18-8-11-19(12-9-18)27(25,26)21-2/h8-9,11-12,17,21H,3-7,10,13-16H2,1-2H3,(H,22,24). The summed E-state index contributed by atoms with van der Waals surface area (Å²) < 4.78 is 25.7. The number of nitrogens with zero attached hydrogens (tertiary/aromatic N) is 1. The molecule has 27 heavy (non-hydrogen) atoms. The number of aryl methyl sites for hydroxylation is 1. The number of amides is 1. The average molecular weight is 396 g/mol. The molecule has 7 heteroatoms. The average Bonchev–Trinajstić information content (AvgIpc) is 2.68. The molecule has 0 saturated carbocycles. The fourth-order valence-corrected chi connectivity index (χ4v) is 4.19. The van der Waals surface area contributed by atoms with Gasteiger partial charge in [0.05, 0.1) is 4.90 Å². The van der Waals surface area contributed by atoms with Crippen molar-refractivity contribution < 1.29 is 13.2 Å². The summed E-state index contributed by atoms with van der Waals surface area (Å²) in [6.07, 6.45) is 7.11. The number of carbonyl (C=O) groups is 1. The summed E-state index contributed by atoms with van der Waals surface area (Å²) in [4.78, 5) is 14.8. The number of sulfonamides is 1. The molecule has 0 aliphatic carbocycles. The lowest BCUT2D eigenvalue weighted by Crippen LogP contribution is -2.38. The number of unbranched alkanes of at least 4 members (excludes halogenated alkanes) is 1. The number of benzene rings is 1. The van der Waals surface area contributed by atoms with Gasteiger partial charge in [0.25, 0.3) is 0 Å². The third-order valence-corrected chi connectivity index (χ3v) is 6.71. The maximum absolute atomic E-state index is 12.0. The van der Waals surface area contributed by atoms with E-state index in [-0.39, 0.29) is 10.8 Å². The second-order valence-corrected chi connectivity index (χ2v) is 9.18. The first-order valence-electron chi connectivity index (χ1n) is 9.95. The third kappa shape index (κ3) is 7.24. The summed E-state index contributed by atoms with van der Waals surface area (Å²) in [5.74, 6) is 0.0493. The van der Waals surface area contributed by atoms with Gasteiger partial charge in [0.2, 0.25) is 15.9 Å². The Balaban J connectivity index is 1.60. The van der Waals surface area contributed by atoms with Gasteiger partial charge in [-0.3, -0.25) is 4.79 Å². The van der Waals surface area contributed by atoms with Gasteiger partial charge < -0.3 is 10.2 Å². The molecule has 0 radical (unpaired) electrons. The number of carbonyl (C=O) groups excluding carboxylic acids is 1. The highest BCUT2D eigenvalue weighted by Gasteiger charge is 2.17. The SMILES string of the molecule is CNS(=O)(=O)c1ccc(CCC(=O)NCCCCN2CCCCC2C)cc1. The molecule has 2 rings (SSSR count). The molecule has 152 valence electrons. The first kappa shape index (κ1) is 21.9. The highest BCUT2D eigenvalue weighted by molar-refractivity contribution is 7.89. The zero-order valence-electron chi connectivity index (χ0n) is 16.5. The van der Waals surface area contributed by atoms with Gasteiger partial charge in [-0.2, -0.15) is 0 Å². The number of hydrogen-bond acceptors (Lipinski definition) is 4. The molecule has 1 amide bonds. The van der Waals surface area contributed by atoms with E-state index in [4.69, 9.17) is 0 Å².